The van der Waals surface area contributed by atoms with Crippen molar-refractivity contribution in [2.75, 3.05) is 7.11 Å². The molecule has 106 valence electrons. The molecule has 0 N–H and O–H groups in total. The Kier molecular flexibility index (Phi) is 3.71. The second-order valence-electron chi connectivity index (χ2n) is 3.70. The number of ether oxygens (including phenoxy) is 1. The minimum Gasteiger partial charge on any atom is -0.464 e. The number of rotatable bonds is 2. The lowest BCUT2D eigenvalue weighted by molar-refractivity contribution is -0.153. The van der Waals surface area contributed by atoms with E-state index in [9.17, 15) is 18.0 Å². The van der Waals surface area contributed by atoms with E-state index in [0.717, 1.165) is 7.11 Å². The second-order valence-corrected chi connectivity index (χ2v) is 4.13. The minimum absolute atomic E-state index is 0.221. The molecule has 1 heterocycles. The number of benzene rings is 1. The van der Waals surface area contributed by atoms with Gasteiger partial charge in [0, 0.05) is 10.6 Å². The zero-order valence-corrected chi connectivity index (χ0v) is 10.7. The number of methoxy groups -OCH3 is 1. The van der Waals surface area contributed by atoms with E-state index >= 15 is 0 Å². The molecule has 2 aromatic rings. The fourth-order valence-electron chi connectivity index (χ4n) is 1.49. The lowest BCUT2D eigenvalue weighted by atomic mass is 10.2. The molecule has 2 rings (SSSR count). The van der Waals surface area contributed by atoms with Crippen molar-refractivity contribution in [1.82, 2.24) is 4.98 Å². The zero-order valence-electron chi connectivity index (χ0n) is 9.99. The van der Waals surface area contributed by atoms with Crippen LogP contribution in [0.25, 0.3) is 11.5 Å². The molecular formula is C12H7ClF3NO3. The molecule has 0 amide bonds. The predicted molar refractivity (Wildman–Crippen MR) is 63.3 cm³/mol. The van der Waals surface area contributed by atoms with E-state index < -0.39 is 23.6 Å². The summed E-state index contributed by atoms with van der Waals surface area (Å²) in [5, 5.41) is 0.300. The van der Waals surface area contributed by atoms with Crippen LogP contribution in [-0.4, -0.2) is 18.1 Å². The summed E-state index contributed by atoms with van der Waals surface area (Å²) in [7, 11) is 0.955. The van der Waals surface area contributed by atoms with Crippen LogP contribution >= 0.6 is 11.6 Å². The maximum absolute atomic E-state index is 12.8. The molecule has 8 heteroatoms. The van der Waals surface area contributed by atoms with Crippen LogP contribution in [0.1, 0.15) is 16.2 Å². The molecule has 0 aliphatic carbocycles. The molecular weight excluding hydrogens is 299 g/mol. The molecule has 0 atom stereocenters. The number of nitrogens with zero attached hydrogens (tertiary/aromatic N) is 1. The fourth-order valence-corrected chi connectivity index (χ4v) is 1.68. The van der Waals surface area contributed by atoms with Crippen LogP contribution in [0.15, 0.2) is 28.7 Å². The second kappa shape index (κ2) is 5.16. The van der Waals surface area contributed by atoms with Gasteiger partial charge < -0.3 is 9.15 Å². The zero-order chi connectivity index (χ0) is 14.9. The van der Waals surface area contributed by atoms with Gasteiger partial charge in [-0.3, -0.25) is 0 Å². The third kappa shape index (κ3) is 2.77. The topological polar surface area (TPSA) is 52.3 Å². The van der Waals surface area contributed by atoms with Crippen LogP contribution in [0.4, 0.5) is 13.2 Å². The van der Waals surface area contributed by atoms with Gasteiger partial charge in [-0.25, -0.2) is 9.78 Å². The third-order valence-electron chi connectivity index (χ3n) is 2.33. The van der Waals surface area contributed by atoms with E-state index in [0.29, 0.717) is 5.02 Å². The molecule has 0 aliphatic heterocycles. The average Bonchev–Trinajstić information content (AvgIpc) is 2.82. The molecule has 0 aliphatic rings. The molecule has 0 saturated carbocycles. The summed E-state index contributed by atoms with van der Waals surface area (Å²) in [6, 6.07) is 5.89. The molecule has 0 radical (unpaired) electrons. The molecule has 20 heavy (non-hydrogen) atoms. The lowest BCUT2D eigenvalue weighted by Crippen LogP contribution is -2.12. The van der Waals surface area contributed by atoms with Gasteiger partial charge in [-0.15, -0.1) is 0 Å². The van der Waals surface area contributed by atoms with Gasteiger partial charge in [0.25, 0.3) is 0 Å². The molecule has 0 bridgehead atoms. The highest BCUT2D eigenvalue weighted by atomic mass is 35.5. The molecule has 1 aromatic heterocycles. The molecule has 1 aromatic carbocycles. The van der Waals surface area contributed by atoms with Gasteiger partial charge in [-0.2, -0.15) is 13.2 Å². The van der Waals surface area contributed by atoms with Gasteiger partial charge in [0.15, 0.2) is 5.69 Å². The van der Waals surface area contributed by atoms with Crippen LogP contribution in [-0.2, 0) is 10.9 Å². The summed E-state index contributed by atoms with van der Waals surface area (Å²) in [6.07, 6.45) is -4.85. The minimum atomic E-state index is -4.85. The smallest absolute Gasteiger partial charge is 0.452 e. The Bertz CT molecular complexity index is 652. The van der Waals surface area contributed by atoms with Crippen molar-refractivity contribution >= 4 is 17.6 Å². The summed E-state index contributed by atoms with van der Waals surface area (Å²) in [6.45, 7) is 0. The normalized spacial score (nSPS) is 11.4. The van der Waals surface area contributed by atoms with Crippen molar-refractivity contribution in [2.24, 2.45) is 0 Å². The van der Waals surface area contributed by atoms with E-state index in [1.54, 1.807) is 6.07 Å². The maximum Gasteiger partial charge on any atom is 0.452 e. The fraction of sp³-hybridized carbons (Fsp3) is 0.167. The Hall–Kier alpha value is -2.02. The number of hydrogen-bond acceptors (Lipinski definition) is 4. The van der Waals surface area contributed by atoms with Crippen LogP contribution in [0.2, 0.25) is 5.02 Å². The third-order valence-corrected chi connectivity index (χ3v) is 2.57. The Morgan fingerprint density at radius 2 is 2.10 bits per heavy atom. The van der Waals surface area contributed by atoms with E-state index in [-0.39, 0.29) is 11.5 Å². The summed E-state index contributed by atoms with van der Waals surface area (Å²) >= 11 is 5.74. The first-order valence-corrected chi connectivity index (χ1v) is 5.63. The average molecular weight is 306 g/mol. The van der Waals surface area contributed by atoms with Gasteiger partial charge in [-0.05, 0) is 18.2 Å². The quantitative estimate of drug-likeness (QED) is 0.792. The molecule has 0 saturated heterocycles. The summed E-state index contributed by atoms with van der Waals surface area (Å²) in [5.74, 6) is -3.09. The van der Waals surface area contributed by atoms with E-state index in [2.05, 4.69) is 14.1 Å². The number of oxazole rings is 1. The lowest BCUT2D eigenvalue weighted by Gasteiger charge is -2.02. The number of carbonyl (C=O) groups is 1. The number of halogens is 4. The van der Waals surface area contributed by atoms with Gasteiger partial charge >= 0.3 is 12.1 Å². The summed E-state index contributed by atoms with van der Waals surface area (Å²) < 4.78 is 47.3. The van der Waals surface area contributed by atoms with E-state index in [4.69, 9.17) is 11.6 Å². The number of esters is 1. The number of aromatic nitrogens is 1. The van der Waals surface area contributed by atoms with Gasteiger partial charge in [0.05, 0.1) is 7.11 Å². The molecule has 0 fully saturated rings. The largest absolute Gasteiger partial charge is 0.464 e. The van der Waals surface area contributed by atoms with Crippen molar-refractivity contribution in [2.45, 2.75) is 6.18 Å². The van der Waals surface area contributed by atoms with Crippen molar-refractivity contribution in [1.29, 1.82) is 0 Å². The van der Waals surface area contributed by atoms with Crippen molar-refractivity contribution < 1.29 is 27.1 Å². The van der Waals surface area contributed by atoms with Crippen molar-refractivity contribution in [3.63, 3.8) is 0 Å². The first-order valence-electron chi connectivity index (χ1n) is 5.25. The van der Waals surface area contributed by atoms with E-state index in [1.165, 1.54) is 18.2 Å². The number of hydrogen-bond donors (Lipinski definition) is 0. The van der Waals surface area contributed by atoms with Crippen LogP contribution in [0, 0.1) is 0 Å². The van der Waals surface area contributed by atoms with E-state index in [1.807, 2.05) is 0 Å². The molecule has 0 spiro atoms. The van der Waals surface area contributed by atoms with Crippen LogP contribution in [0.3, 0.4) is 0 Å². The van der Waals surface area contributed by atoms with Crippen LogP contribution < -0.4 is 0 Å². The summed E-state index contributed by atoms with van der Waals surface area (Å²) in [4.78, 5) is 14.9. The van der Waals surface area contributed by atoms with Crippen LogP contribution in [0.5, 0.6) is 0 Å². The standard InChI is InChI=1S/C12H7ClF3NO3/c1-19-11(18)8-9(12(14,15)16)20-10(17-8)6-3-2-4-7(13)5-6/h2-5H,1H3. The van der Waals surface area contributed by atoms with Gasteiger partial charge in [-0.1, -0.05) is 17.7 Å². The highest BCUT2D eigenvalue weighted by Crippen LogP contribution is 2.35. The Morgan fingerprint density at radius 3 is 2.65 bits per heavy atom. The Labute approximate surface area is 116 Å². The van der Waals surface area contributed by atoms with Gasteiger partial charge in [0.1, 0.15) is 0 Å². The first-order chi connectivity index (χ1) is 9.32. The number of carbonyl (C=O) groups excluding carboxylic acids is 1. The summed E-state index contributed by atoms with van der Waals surface area (Å²) in [5.41, 5.74) is -0.701. The Balaban J connectivity index is 2.57. The predicted octanol–water partition coefficient (Wildman–Crippen LogP) is 3.80. The SMILES string of the molecule is COC(=O)c1nc(-c2cccc(Cl)c2)oc1C(F)(F)F. The van der Waals surface area contributed by atoms with Crippen molar-refractivity contribution in [3.05, 3.63) is 40.7 Å². The van der Waals surface area contributed by atoms with Crippen molar-refractivity contribution in [3.8, 4) is 11.5 Å². The highest BCUT2D eigenvalue weighted by molar-refractivity contribution is 6.30. The first kappa shape index (κ1) is 14.4. The molecule has 0 unspecified atom stereocenters. The monoisotopic (exact) mass is 305 g/mol. The number of alkyl halides is 3. The Morgan fingerprint density at radius 1 is 1.40 bits per heavy atom. The highest BCUT2D eigenvalue weighted by Gasteiger charge is 2.42. The maximum atomic E-state index is 12.8. The molecule has 4 nitrogen and oxygen atoms in total. The van der Waals surface area contributed by atoms with Gasteiger partial charge in [0.2, 0.25) is 11.7 Å².